The molecule has 0 bridgehead atoms. The highest BCUT2D eigenvalue weighted by atomic mass is 16.5. The van der Waals surface area contributed by atoms with Crippen LogP contribution in [0.3, 0.4) is 0 Å². The SMILES string of the molecule is COc1ccc(OC)c(Nc2cc(C(=O)N3CCN(C(C)=O)CC3)ncn2)c1. The molecule has 9 nitrogen and oxygen atoms in total. The summed E-state index contributed by atoms with van der Waals surface area (Å²) >= 11 is 0. The summed E-state index contributed by atoms with van der Waals surface area (Å²) in [5, 5.41) is 3.14. The zero-order valence-electron chi connectivity index (χ0n) is 16.1. The Morgan fingerprint density at radius 1 is 1.00 bits per heavy atom. The van der Waals surface area contributed by atoms with Crippen molar-refractivity contribution in [2.24, 2.45) is 0 Å². The van der Waals surface area contributed by atoms with E-state index in [4.69, 9.17) is 9.47 Å². The number of nitrogens with zero attached hydrogens (tertiary/aromatic N) is 4. The molecule has 28 heavy (non-hydrogen) atoms. The van der Waals surface area contributed by atoms with Crippen molar-refractivity contribution in [1.82, 2.24) is 19.8 Å². The Hall–Kier alpha value is -3.36. The van der Waals surface area contributed by atoms with Crippen molar-refractivity contribution in [2.45, 2.75) is 6.92 Å². The molecule has 0 atom stereocenters. The predicted molar refractivity (Wildman–Crippen MR) is 103 cm³/mol. The smallest absolute Gasteiger partial charge is 0.272 e. The number of piperazine rings is 1. The average Bonchev–Trinajstić information content (AvgIpc) is 2.73. The summed E-state index contributed by atoms with van der Waals surface area (Å²) in [5.41, 5.74) is 0.949. The van der Waals surface area contributed by atoms with Gasteiger partial charge in [-0.25, -0.2) is 9.97 Å². The van der Waals surface area contributed by atoms with Crippen LogP contribution in [0.25, 0.3) is 0 Å². The van der Waals surface area contributed by atoms with Gasteiger partial charge in [-0.15, -0.1) is 0 Å². The summed E-state index contributed by atoms with van der Waals surface area (Å²) in [6.45, 7) is 3.55. The highest BCUT2D eigenvalue weighted by Gasteiger charge is 2.24. The van der Waals surface area contributed by atoms with Crippen LogP contribution in [0, 0.1) is 0 Å². The van der Waals surface area contributed by atoms with Crippen LogP contribution >= 0.6 is 0 Å². The van der Waals surface area contributed by atoms with Crippen LogP contribution in [0.1, 0.15) is 17.4 Å². The number of carbonyl (C=O) groups is 2. The zero-order valence-corrected chi connectivity index (χ0v) is 16.1. The second kappa shape index (κ2) is 8.55. The Bertz CT molecular complexity index is 865. The van der Waals surface area contributed by atoms with Gasteiger partial charge in [0.05, 0.1) is 19.9 Å². The molecule has 1 aromatic heterocycles. The van der Waals surface area contributed by atoms with Crippen LogP contribution in [0.15, 0.2) is 30.6 Å². The highest BCUT2D eigenvalue weighted by Crippen LogP contribution is 2.31. The molecule has 2 amide bonds. The number of methoxy groups -OCH3 is 2. The number of benzene rings is 1. The van der Waals surface area contributed by atoms with Crippen LogP contribution in [-0.2, 0) is 4.79 Å². The number of rotatable bonds is 5. The van der Waals surface area contributed by atoms with Gasteiger partial charge >= 0.3 is 0 Å². The maximum atomic E-state index is 12.8. The lowest BCUT2D eigenvalue weighted by Crippen LogP contribution is -2.50. The molecule has 2 aromatic rings. The lowest BCUT2D eigenvalue weighted by Gasteiger charge is -2.34. The maximum absolute atomic E-state index is 12.8. The summed E-state index contributed by atoms with van der Waals surface area (Å²) in [6.07, 6.45) is 1.34. The largest absolute Gasteiger partial charge is 0.497 e. The van der Waals surface area contributed by atoms with E-state index in [0.29, 0.717) is 49.2 Å². The maximum Gasteiger partial charge on any atom is 0.272 e. The number of amides is 2. The van der Waals surface area contributed by atoms with E-state index in [1.807, 2.05) is 0 Å². The van der Waals surface area contributed by atoms with Gasteiger partial charge in [-0.1, -0.05) is 0 Å². The van der Waals surface area contributed by atoms with Gasteiger partial charge in [0.25, 0.3) is 5.91 Å². The molecule has 1 saturated heterocycles. The first-order valence-corrected chi connectivity index (χ1v) is 8.87. The number of hydrogen-bond acceptors (Lipinski definition) is 7. The third-order valence-electron chi connectivity index (χ3n) is 4.57. The summed E-state index contributed by atoms with van der Waals surface area (Å²) in [6, 6.07) is 6.95. The van der Waals surface area contributed by atoms with Crippen LogP contribution < -0.4 is 14.8 Å². The molecule has 0 unspecified atom stereocenters. The van der Waals surface area contributed by atoms with E-state index in [2.05, 4.69) is 15.3 Å². The Labute approximate surface area is 163 Å². The zero-order chi connectivity index (χ0) is 20.1. The number of anilines is 2. The Kier molecular flexibility index (Phi) is 5.93. The molecule has 0 saturated carbocycles. The summed E-state index contributed by atoms with van der Waals surface area (Å²) in [7, 11) is 3.15. The van der Waals surface area contributed by atoms with E-state index >= 15 is 0 Å². The Morgan fingerprint density at radius 3 is 2.36 bits per heavy atom. The topological polar surface area (TPSA) is 96.9 Å². The van der Waals surface area contributed by atoms with Crippen molar-refractivity contribution >= 4 is 23.3 Å². The first-order valence-electron chi connectivity index (χ1n) is 8.87. The molecule has 9 heteroatoms. The number of nitrogens with one attached hydrogen (secondary N) is 1. The van der Waals surface area contributed by atoms with E-state index in [1.165, 1.54) is 13.3 Å². The number of hydrogen-bond donors (Lipinski definition) is 1. The molecule has 1 aliphatic rings. The third kappa shape index (κ3) is 4.30. The molecular formula is C19H23N5O4. The minimum atomic E-state index is -0.189. The molecule has 148 valence electrons. The standard InChI is InChI=1S/C19H23N5O4/c1-13(25)23-6-8-24(9-7-23)19(26)16-11-18(21-12-20-16)22-15-10-14(27-2)4-5-17(15)28-3/h4-5,10-12H,6-9H2,1-3H3,(H,20,21,22). The van der Waals surface area contributed by atoms with Crippen molar-refractivity contribution in [3.05, 3.63) is 36.3 Å². The molecule has 1 N–H and O–H groups in total. The van der Waals surface area contributed by atoms with Crippen LogP contribution in [0.4, 0.5) is 11.5 Å². The summed E-state index contributed by atoms with van der Waals surface area (Å²) in [5.74, 6) is 1.58. The molecule has 0 spiro atoms. The van der Waals surface area contributed by atoms with Gasteiger partial charge in [-0.05, 0) is 12.1 Å². The van der Waals surface area contributed by atoms with Gasteiger partial charge in [0, 0.05) is 45.2 Å². The second-order valence-corrected chi connectivity index (χ2v) is 6.28. The monoisotopic (exact) mass is 385 g/mol. The number of carbonyl (C=O) groups excluding carboxylic acids is 2. The quantitative estimate of drug-likeness (QED) is 0.834. The fourth-order valence-corrected chi connectivity index (χ4v) is 2.98. The summed E-state index contributed by atoms with van der Waals surface area (Å²) in [4.78, 5) is 35.9. The van der Waals surface area contributed by atoms with E-state index in [0.717, 1.165) is 0 Å². The van der Waals surface area contributed by atoms with E-state index in [9.17, 15) is 9.59 Å². The Balaban J connectivity index is 1.74. The molecule has 1 aliphatic heterocycles. The average molecular weight is 385 g/mol. The highest BCUT2D eigenvalue weighted by molar-refractivity contribution is 5.93. The molecular weight excluding hydrogens is 362 g/mol. The van der Waals surface area contributed by atoms with Crippen molar-refractivity contribution in [3.63, 3.8) is 0 Å². The van der Waals surface area contributed by atoms with Crippen molar-refractivity contribution in [3.8, 4) is 11.5 Å². The van der Waals surface area contributed by atoms with E-state index in [1.54, 1.807) is 48.3 Å². The van der Waals surface area contributed by atoms with Gasteiger partial charge in [-0.3, -0.25) is 9.59 Å². The molecule has 0 radical (unpaired) electrons. The van der Waals surface area contributed by atoms with Crippen LogP contribution in [0.5, 0.6) is 11.5 Å². The van der Waals surface area contributed by atoms with Gasteiger partial charge in [-0.2, -0.15) is 0 Å². The van der Waals surface area contributed by atoms with E-state index < -0.39 is 0 Å². The lowest BCUT2D eigenvalue weighted by atomic mass is 10.2. The fraction of sp³-hybridized carbons (Fsp3) is 0.368. The minimum Gasteiger partial charge on any atom is -0.497 e. The van der Waals surface area contributed by atoms with Crippen LogP contribution in [-0.4, -0.2) is 72.0 Å². The molecule has 0 aliphatic carbocycles. The van der Waals surface area contributed by atoms with E-state index in [-0.39, 0.29) is 17.5 Å². The lowest BCUT2D eigenvalue weighted by molar-refractivity contribution is -0.130. The van der Waals surface area contributed by atoms with Crippen molar-refractivity contribution < 1.29 is 19.1 Å². The Morgan fingerprint density at radius 2 is 1.71 bits per heavy atom. The van der Waals surface area contributed by atoms with Crippen molar-refractivity contribution in [1.29, 1.82) is 0 Å². The van der Waals surface area contributed by atoms with Gasteiger partial charge in [0.2, 0.25) is 5.91 Å². The fourth-order valence-electron chi connectivity index (χ4n) is 2.98. The first-order chi connectivity index (χ1) is 13.5. The molecule has 3 rings (SSSR count). The first kappa shape index (κ1) is 19.4. The third-order valence-corrected chi connectivity index (χ3v) is 4.57. The van der Waals surface area contributed by atoms with Gasteiger partial charge < -0.3 is 24.6 Å². The second-order valence-electron chi connectivity index (χ2n) is 6.28. The molecule has 1 fully saturated rings. The summed E-state index contributed by atoms with van der Waals surface area (Å²) < 4.78 is 10.6. The van der Waals surface area contributed by atoms with Gasteiger partial charge in [0.1, 0.15) is 29.3 Å². The van der Waals surface area contributed by atoms with Crippen molar-refractivity contribution in [2.75, 3.05) is 45.7 Å². The number of ether oxygens (including phenoxy) is 2. The molecule has 2 heterocycles. The van der Waals surface area contributed by atoms with Crippen LogP contribution in [0.2, 0.25) is 0 Å². The molecule has 1 aromatic carbocycles. The van der Waals surface area contributed by atoms with Gasteiger partial charge in [0.15, 0.2) is 0 Å². The predicted octanol–water partition coefficient (Wildman–Crippen LogP) is 1.54. The number of aromatic nitrogens is 2. The minimum absolute atomic E-state index is 0.0212. The normalized spacial score (nSPS) is 13.8.